The van der Waals surface area contributed by atoms with Gasteiger partial charge in [0.05, 0.1) is 5.25 Å². The number of carbonyl (C=O) groups is 1. The SMILES string of the molecule is CCc1ccc(C(=O)C(C)Sc2ccc(F)cc2F)cc1. The van der Waals surface area contributed by atoms with E-state index in [2.05, 4.69) is 0 Å². The van der Waals surface area contributed by atoms with E-state index >= 15 is 0 Å². The molecule has 0 aliphatic heterocycles. The Hall–Kier alpha value is -1.68. The molecule has 0 aliphatic rings. The minimum atomic E-state index is -0.638. The Balaban J connectivity index is 2.11. The van der Waals surface area contributed by atoms with Crippen molar-refractivity contribution in [2.75, 3.05) is 0 Å². The molecule has 0 spiro atoms. The number of halogens is 2. The summed E-state index contributed by atoms with van der Waals surface area (Å²) in [5.41, 5.74) is 1.77. The minimum Gasteiger partial charge on any atom is -0.293 e. The van der Waals surface area contributed by atoms with E-state index in [0.29, 0.717) is 5.56 Å². The molecule has 2 rings (SSSR count). The molecule has 21 heavy (non-hydrogen) atoms. The summed E-state index contributed by atoms with van der Waals surface area (Å²) in [6, 6.07) is 10.8. The Labute approximate surface area is 127 Å². The van der Waals surface area contributed by atoms with Crippen LogP contribution < -0.4 is 0 Å². The van der Waals surface area contributed by atoms with Crippen molar-refractivity contribution in [2.45, 2.75) is 30.4 Å². The number of benzene rings is 2. The average molecular weight is 306 g/mol. The quantitative estimate of drug-likeness (QED) is 0.578. The summed E-state index contributed by atoms with van der Waals surface area (Å²) in [7, 11) is 0. The molecule has 1 atom stereocenters. The molecular formula is C17H16F2OS. The van der Waals surface area contributed by atoms with Gasteiger partial charge < -0.3 is 0 Å². The lowest BCUT2D eigenvalue weighted by molar-refractivity contribution is 0.0994. The van der Waals surface area contributed by atoms with E-state index in [9.17, 15) is 13.6 Å². The third-order valence-electron chi connectivity index (χ3n) is 3.21. The number of thioether (sulfide) groups is 1. The third-order valence-corrected chi connectivity index (χ3v) is 4.37. The Morgan fingerprint density at radius 1 is 1.14 bits per heavy atom. The van der Waals surface area contributed by atoms with Crippen molar-refractivity contribution in [3.8, 4) is 0 Å². The van der Waals surface area contributed by atoms with Gasteiger partial charge in [-0.3, -0.25) is 4.79 Å². The molecule has 0 saturated heterocycles. The number of hydrogen-bond acceptors (Lipinski definition) is 2. The second-order valence-corrected chi connectivity index (χ2v) is 6.13. The second-order valence-electron chi connectivity index (χ2n) is 4.75. The van der Waals surface area contributed by atoms with Crippen molar-refractivity contribution in [3.63, 3.8) is 0 Å². The lowest BCUT2D eigenvalue weighted by Crippen LogP contribution is -2.13. The Morgan fingerprint density at radius 3 is 2.38 bits per heavy atom. The summed E-state index contributed by atoms with van der Waals surface area (Å²) in [6.07, 6.45) is 0.916. The number of carbonyl (C=O) groups excluding carboxylic acids is 1. The molecule has 110 valence electrons. The molecule has 0 fully saturated rings. The molecular weight excluding hydrogens is 290 g/mol. The standard InChI is InChI=1S/C17H16F2OS/c1-3-12-4-6-13(7-5-12)17(20)11(2)21-16-9-8-14(18)10-15(16)19/h4-11H,3H2,1-2H3. The van der Waals surface area contributed by atoms with Crippen LogP contribution >= 0.6 is 11.8 Å². The first-order chi connectivity index (χ1) is 10.0. The number of hydrogen-bond donors (Lipinski definition) is 0. The first-order valence-electron chi connectivity index (χ1n) is 6.76. The van der Waals surface area contributed by atoms with Crippen molar-refractivity contribution >= 4 is 17.5 Å². The van der Waals surface area contributed by atoms with Gasteiger partial charge in [-0.15, -0.1) is 11.8 Å². The summed E-state index contributed by atoms with van der Waals surface area (Å²) >= 11 is 1.10. The highest BCUT2D eigenvalue weighted by molar-refractivity contribution is 8.00. The molecule has 4 heteroatoms. The van der Waals surface area contributed by atoms with Crippen LogP contribution in [0, 0.1) is 11.6 Å². The molecule has 1 nitrogen and oxygen atoms in total. The van der Waals surface area contributed by atoms with Crippen LogP contribution in [0.3, 0.4) is 0 Å². The monoisotopic (exact) mass is 306 g/mol. The van der Waals surface area contributed by atoms with Crippen LogP contribution in [0.15, 0.2) is 47.4 Å². The van der Waals surface area contributed by atoms with E-state index in [1.807, 2.05) is 19.1 Å². The van der Waals surface area contributed by atoms with E-state index in [1.165, 1.54) is 12.1 Å². The Bertz CT molecular complexity index is 638. The molecule has 2 aromatic carbocycles. The number of ketones is 1. The van der Waals surface area contributed by atoms with Gasteiger partial charge in [-0.1, -0.05) is 31.2 Å². The predicted octanol–water partition coefficient (Wildman–Crippen LogP) is 4.89. The Morgan fingerprint density at radius 2 is 1.81 bits per heavy atom. The maximum Gasteiger partial charge on any atom is 0.175 e. The van der Waals surface area contributed by atoms with Crippen molar-refractivity contribution in [1.29, 1.82) is 0 Å². The van der Waals surface area contributed by atoms with Gasteiger partial charge in [0.1, 0.15) is 11.6 Å². The zero-order chi connectivity index (χ0) is 15.4. The average Bonchev–Trinajstić information content (AvgIpc) is 2.49. The van der Waals surface area contributed by atoms with Gasteiger partial charge >= 0.3 is 0 Å². The molecule has 0 aromatic heterocycles. The van der Waals surface area contributed by atoms with Gasteiger partial charge in [0, 0.05) is 16.5 Å². The van der Waals surface area contributed by atoms with Crippen LogP contribution in [0.25, 0.3) is 0 Å². The van der Waals surface area contributed by atoms with Crippen LogP contribution in [-0.4, -0.2) is 11.0 Å². The summed E-state index contributed by atoms with van der Waals surface area (Å²) in [5.74, 6) is -1.32. The van der Waals surface area contributed by atoms with E-state index < -0.39 is 16.9 Å². The largest absolute Gasteiger partial charge is 0.293 e. The highest BCUT2D eigenvalue weighted by Gasteiger charge is 2.18. The smallest absolute Gasteiger partial charge is 0.175 e. The molecule has 0 bridgehead atoms. The fraction of sp³-hybridized carbons (Fsp3) is 0.235. The van der Waals surface area contributed by atoms with Gasteiger partial charge in [0.2, 0.25) is 0 Å². The fourth-order valence-corrected chi connectivity index (χ4v) is 2.90. The highest BCUT2D eigenvalue weighted by Crippen LogP contribution is 2.28. The zero-order valence-electron chi connectivity index (χ0n) is 11.9. The van der Waals surface area contributed by atoms with E-state index in [0.717, 1.165) is 29.8 Å². The summed E-state index contributed by atoms with van der Waals surface area (Å²) in [6.45, 7) is 3.77. The van der Waals surface area contributed by atoms with Crippen LogP contribution in [0.4, 0.5) is 8.78 Å². The van der Waals surface area contributed by atoms with Gasteiger partial charge in [-0.25, -0.2) is 8.78 Å². The number of aryl methyl sites for hydroxylation is 1. The van der Waals surface area contributed by atoms with E-state index in [-0.39, 0.29) is 10.7 Å². The van der Waals surface area contributed by atoms with Crippen molar-refractivity contribution in [3.05, 3.63) is 65.2 Å². The van der Waals surface area contributed by atoms with Crippen LogP contribution in [0.2, 0.25) is 0 Å². The van der Waals surface area contributed by atoms with Crippen LogP contribution in [0.1, 0.15) is 29.8 Å². The number of Topliss-reactive ketones (excluding diaryl/α,β-unsaturated/α-hetero) is 1. The highest BCUT2D eigenvalue weighted by atomic mass is 32.2. The normalized spacial score (nSPS) is 12.2. The van der Waals surface area contributed by atoms with Crippen molar-refractivity contribution in [2.24, 2.45) is 0 Å². The lowest BCUT2D eigenvalue weighted by Gasteiger charge is -2.11. The maximum atomic E-state index is 13.6. The van der Waals surface area contributed by atoms with Crippen molar-refractivity contribution in [1.82, 2.24) is 0 Å². The van der Waals surface area contributed by atoms with Gasteiger partial charge in [-0.05, 0) is 31.0 Å². The van der Waals surface area contributed by atoms with Gasteiger partial charge in [0.25, 0.3) is 0 Å². The van der Waals surface area contributed by atoms with Gasteiger partial charge in [-0.2, -0.15) is 0 Å². The van der Waals surface area contributed by atoms with E-state index in [1.54, 1.807) is 19.1 Å². The van der Waals surface area contributed by atoms with Gasteiger partial charge in [0.15, 0.2) is 5.78 Å². The summed E-state index contributed by atoms with van der Waals surface area (Å²) < 4.78 is 26.5. The molecule has 0 aliphatic carbocycles. The summed E-state index contributed by atoms with van der Waals surface area (Å²) in [5, 5.41) is -0.433. The zero-order valence-corrected chi connectivity index (χ0v) is 12.7. The maximum absolute atomic E-state index is 13.6. The van der Waals surface area contributed by atoms with Crippen LogP contribution in [0.5, 0.6) is 0 Å². The topological polar surface area (TPSA) is 17.1 Å². The number of rotatable bonds is 5. The fourth-order valence-electron chi connectivity index (χ4n) is 1.95. The van der Waals surface area contributed by atoms with Crippen molar-refractivity contribution < 1.29 is 13.6 Å². The molecule has 1 unspecified atom stereocenters. The first-order valence-corrected chi connectivity index (χ1v) is 7.64. The molecule has 0 heterocycles. The molecule has 0 saturated carbocycles. The van der Waals surface area contributed by atoms with E-state index in [4.69, 9.17) is 0 Å². The Kier molecular flexibility index (Phi) is 5.12. The minimum absolute atomic E-state index is 0.0635. The third kappa shape index (κ3) is 3.91. The molecule has 0 N–H and O–H groups in total. The lowest BCUT2D eigenvalue weighted by atomic mass is 10.1. The molecule has 2 aromatic rings. The molecule has 0 radical (unpaired) electrons. The second kappa shape index (κ2) is 6.85. The predicted molar refractivity (Wildman–Crippen MR) is 81.8 cm³/mol. The van der Waals surface area contributed by atoms with Crippen LogP contribution in [-0.2, 0) is 6.42 Å². The summed E-state index contributed by atoms with van der Waals surface area (Å²) in [4.78, 5) is 12.6. The molecule has 0 amide bonds. The first kappa shape index (κ1) is 15.7.